The molecular weight excluding hydrogens is 448 g/mol. The molecule has 0 amide bonds. The summed E-state index contributed by atoms with van der Waals surface area (Å²) >= 11 is 0. The molecule has 8 rings (SSSR count). The molecule has 0 aliphatic carbocycles. The second kappa shape index (κ2) is 7.81. The predicted molar refractivity (Wildman–Crippen MR) is 157 cm³/mol. The van der Waals surface area contributed by atoms with E-state index in [9.17, 15) is 0 Å². The Hall–Kier alpha value is -4.88. The quantitative estimate of drug-likeness (QED) is 0.226. The fourth-order valence-corrected chi connectivity index (χ4v) is 5.38. The molecule has 7 aromatic carbocycles. The van der Waals surface area contributed by atoms with E-state index in [0.717, 1.165) is 16.7 Å². The van der Waals surface area contributed by atoms with Gasteiger partial charge in [-0.1, -0.05) is 103 Å². The molecule has 8 aromatic rings. The van der Waals surface area contributed by atoms with E-state index < -0.39 is 12.1 Å². The molecule has 0 aliphatic rings. The van der Waals surface area contributed by atoms with Crippen LogP contribution in [-0.4, -0.2) is 0 Å². The first-order chi connectivity index (χ1) is 20.8. The number of rotatable bonds is 2. The summed E-state index contributed by atoms with van der Waals surface area (Å²) in [6.45, 7) is 0. The molecule has 0 atom stereocenters. The Morgan fingerprint density at radius 1 is 0.459 bits per heavy atom. The molecule has 0 aliphatic heterocycles. The van der Waals surface area contributed by atoms with E-state index in [1.54, 1.807) is 0 Å². The molecule has 1 heteroatoms. The van der Waals surface area contributed by atoms with Gasteiger partial charge < -0.3 is 4.42 Å². The lowest BCUT2D eigenvalue weighted by atomic mass is 9.91. The van der Waals surface area contributed by atoms with E-state index in [0.29, 0.717) is 16.4 Å². The molecule has 0 radical (unpaired) electrons. The molecule has 0 saturated heterocycles. The minimum Gasteiger partial charge on any atom is -0.456 e. The average Bonchev–Trinajstić information content (AvgIpc) is 3.43. The molecule has 0 N–H and O–H groups in total. The Morgan fingerprint density at radius 2 is 1.08 bits per heavy atom. The largest absolute Gasteiger partial charge is 0.456 e. The predicted octanol–water partition coefficient (Wildman–Crippen LogP) is 10.4. The molecule has 0 bridgehead atoms. The van der Waals surface area contributed by atoms with Crippen LogP contribution in [0, 0.1) is 0 Å². The van der Waals surface area contributed by atoms with E-state index >= 15 is 0 Å². The first kappa shape index (κ1) is 15.3. The molecule has 0 spiro atoms. The summed E-state index contributed by atoms with van der Waals surface area (Å²) in [5.74, 6) is 0. The van der Waals surface area contributed by atoms with Crippen LogP contribution >= 0.6 is 0 Å². The Bertz CT molecular complexity index is 2410. The Morgan fingerprint density at radius 3 is 1.81 bits per heavy atom. The van der Waals surface area contributed by atoms with Crippen LogP contribution in [0.2, 0.25) is 0 Å². The minimum atomic E-state index is -0.428. The maximum atomic E-state index is 8.88. The van der Waals surface area contributed by atoms with Gasteiger partial charge in [0.25, 0.3) is 0 Å². The van der Waals surface area contributed by atoms with Crippen molar-refractivity contribution in [2.45, 2.75) is 0 Å². The second-order valence-corrected chi connectivity index (χ2v) is 9.29. The highest BCUT2D eigenvalue weighted by Gasteiger charge is 2.12. The summed E-state index contributed by atoms with van der Waals surface area (Å²) in [7, 11) is 0. The number of fused-ring (bicyclic) bond motifs is 6. The van der Waals surface area contributed by atoms with Gasteiger partial charge in [0.2, 0.25) is 0 Å². The Kier molecular flexibility index (Phi) is 3.23. The van der Waals surface area contributed by atoms with Gasteiger partial charge in [-0.2, -0.15) is 0 Å². The molecular formula is C36H22O. The maximum absolute atomic E-state index is 8.88. The van der Waals surface area contributed by atoms with Gasteiger partial charge in [-0.3, -0.25) is 0 Å². The minimum absolute atomic E-state index is 0.000622. The zero-order chi connectivity index (χ0) is 29.6. The van der Waals surface area contributed by atoms with Crippen molar-refractivity contribution in [2.75, 3.05) is 0 Å². The number of hydrogen-bond acceptors (Lipinski definition) is 1. The van der Waals surface area contributed by atoms with Crippen LogP contribution in [0.25, 0.3) is 76.5 Å². The highest BCUT2D eigenvalue weighted by molar-refractivity contribution is 6.13. The molecule has 0 saturated carbocycles. The third kappa shape index (κ3) is 3.18. The van der Waals surface area contributed by atoms with E-state index in [4.69, 9.17) is 12.6 Å². The van der Waals surface area contributed by atoms with Crippen molar-refractivity contribution in [3.05, 3.63) is 133 Å². The molecule has 37 heavy (non-hydrogen) atoms. The first-order valence-electron chi connectivity index (χ1n) is 15.2. The fourth-order valence-electron chi connectivity index (χ4n) is 5.38. The summed E-state index contributed by atoms with van der Waals surface area (Å²) in [5.41, 5.74) is 4.84. The van der Waals surface area contributed by atoms with Crippen molar-refractivity contribution >= 4 is 54.3 Å². The van der Waals surface area contributed by atoms with Crippen LogP contribution in [0.15, 0.2) is 138 Å². The van der Waals surface area contributed by atoms with Gasteiger partial charge >= 0.3 is 0 Å². The van der Waals surface area contributed by atoms with Gasteiger partial charge in [0.15, 0.2) is 0 Å². The zero-order valence-electron chi connectivity index (χ0n) is 25.6. The third-order valence-electron chi connectivity index (χ3n) is 7.14. The zero-order valence-corrected chi connectivity index (χ0v) is 19.6. The first-order valence-corrected chi connectivity index (χ1v) is 12.2. The molecule has 1 heterocycles. The average molecular weight is 477 g/mol. The summed E-state index contributed by atoms with van der Waals surface area (Å²) in [6, 6.07) is 31.5. The van der Waals surface area contributed by atoms with Crippen molar-refractivity contribution < 1.29 is 12.6 Å². The Balaban J connectivity index is 1.29. The van der Waals surface area contributed by atoms with Crippen LogP contribution in [0.1, 0.15) is 8.22 Å². The number of benzene rings is 7. The second-order valence-electron chi connectivity index (χ2n) is 9.29. The fraction of sp³-hybridized carbons (Fsp3) is 0. The van der Waals surface area contributed by atoms with Gasteiger partial charge in [-0.15, -0.1) is 0 Å². The molecule has 172 valence electrons. The Labute approximate surface area is 222 Å². The molecule has 0 fully saturated rings. The lowest BCUT2D eigenvalue weighted by molar-refractivity contribution is 0.669. The van der Waals surface area contributed by atoms with Crippen LogP contribution < -0.4 is 0 Å². The van der Waals surface area contributed by atoms with Gasteiger partial charge in [-0.05, 0) is 84.9 Å². The highest BCUT2D eigenvalue weighted by atomic mass is 16.3. The number of furan rings is 1. The van der Waals surface area contributed by atoms with Crippen molar-refractivity contribution in [3.63, 3.8) is 0 Å². The van der Waals surface area contributed by atoms with Gasteiger partial charge in [0.05, 0.1) is 8.22 Å². The summed E-state index contributed by atoms with van der Waals surface area (Å²) in [5, 5.41) is 5.82. The van der Waals surface area contributed by atoms with Crippen LogP contribution in [0.5, 0.6) is 0 Å². The smallest absolute Gasteiger partial charge is 0.136 e. The van der Waals surface area contributed by atoms with Crippen LogP contribution in [0.4, 0.5) is 0 Å². The normalized spacial score (nSPS) is 14.1. The summed E-state index contributed by atoms with van der Waals surface area (Å²) in [6.07, 6.45) is 0. The summed E-state index contributed by atoms with van der Waals surface area (Å²) in [4.78, 5) is 0. The number of hydrogen-bond donors (Lipinski definition) is 0. The SMILES string of the molecule is [2H]c1c([2H])c([2H])c2c([2H])c3c(oc4cc(-c5ccc(-c6c7ccccc7cc7ccccc67)cc5)ccc43)c([2H])c2c1[2H]. The lowest BCUT2D eigenvalue weighted by Gasteiger charge is -2.13. The highest BCUT2D eigenvalue weighted by Crippen LogP contribution is 2.38. The molecule has 1 nitrogen and oxygen atoms in total. The van der Waals surface area contributed by atoms with Crippen LogP contribution in [-0.2, 0) is 0 Å². The van der Waals surface area contributed by atoms with Crippen molar-refractivity contribution in [2.24, 2.45) is 0 Å². The van der Waals surface area contributed by atoms with E-state index in [2.05, 4.69) is 78.9 Å². The van der Waals surface area contributed by atoms with Crippen molar-refractivity contribution in [1.82, 2.24) is 0 Å². The lowest BCUT2D eigenvalue weighted by Crippen LogP contribution is -1.86. The maximum Gasteiger partial charge on any atom is 0.136 e. The third-order valence-corrected chi connectivity index (χ3v) is 7.14. The standard InChI is InChI=1S/C36H22O/c1-2-8-26-21-35-33(20-25(26)7-1)32-18-17-27(22-34(32)37-35)23-13-15-24(16-14-23)36-30-11-5-3-9-28(30)19-29-10-4-6-12-31(29)36/h1-22H/i1D,2D,7D,8D,20D,21D. The van der Waals surface area contributed by atoms with E-state index in [1.807, 2.05) is 18.2 Å². The molecule has 0 unspecified atom stereocenters. The van der Waals surface area contributed by atoms with Gasteiger partial charge in [0.1, 0.15) is 11.2 Å². The van der Waals surface area contributed by atoms with Crippen molar-refractivity contribution in [1.29, 1.82) is 0 Å². The van der Waals surface area contributed by atoms with E-state index in [-0.39, 0.29) is 40.5 Å². The summed E-state index contributed by atoms with van der Waals surface area (Å²) < 4.78 is 56.7. The molecule has 1 aromatic heterocycles. The van der Waals surface area contributed by atoms with Gasteiger partial charge in [-0.25, -0.2) is 0 Å². The van der Waals surface area contributed by atoms with E-state index in [1.165, 1.54) is 27.1 Å². The van der Waals surface area contributed by atoms with Gasteiger partial charge in [0, 0.05) is 10.8 Å². The topological polar surface area (TPSA) is 13.1 Å². The van der Waals surface area contributed by atoms with Crippen molar-refractivity contribution in [3.8, 4) is 22.3 Å². The monoisotopic (exact) mass is 476 g/mol. The van der Waals surface area contributed by atoms with Crippen LogP contribution in [0.3, 0.4) is 0 Å².